The molecule has 0 aromatic carbocycles. The van der Waals surface area contributed by atoms with E-state index >= 15 is 0 Å². The van der Waals surface area contributed by atoms with Crippen LogP contribution in [-0.2, 0) is 4.79 Å². The lowest BCUT2D eigenvalue weighted by atomic mass is 10.0. The smallest absolute Gasteiger partial charge is 0.237 e. The number of likely N-dealkylation sites (N-methyl/N-ethyl adjacent to an activating group) is 1. The van der Waals surface area contributed by atoms with E-state index in [0.717, 1.165) is 19.6 Å². The van der Waals surface area contributed by atoms with E-state index in [4.69, 9.17) is 0 Å². The summed E-state index contributed by atoms with van der Waals surface area (Å²) in [7, 11) is 0. The van der Waals surface area contributed by atoms with Crippen LogP contribution in [0.1, 0.15) is 26.7 Å². The van der Waals surface area contributed by atoms with Gasteiger partial charge in [0.1, 0.15) is 0 Å². The number of rotatable bonds is 6. The van der Waals surface area contributed by atoms with Crippen molar-refractivity contribution in [3.05, 3.63) is 12.7 Å². The first-order valence-electron chi connectivity index (χ1n) is 6.55. The van der Waals surface area contributed by atoms with Crippen molar-refractivity contribution in [2.45, 2.75) is 38.8 Å². The number of carbonyl (C=O) groups is 1. The number of piperidine rings is 1. The van der Waals surface area contributed by atoms with Crippen molar-refractivity contribution in [3.63, 3.8) is 0 Å². The second kappa shape index (κ2) is 7.45. The fourth-order valence-electron chi connectivity index (χ4n) is 2.44. The lowest BCUT2D eigenvalue weighted by Gasteiger charge is -2.37. The molecule has 1 heterocycles. The van der Waals surface area contributed by atoms with Crippen molar-refractivity contribution in [2.75, 3.05) is 26.2 Å². The molecule has 1 amide bonds. The molecule has 0 aromatic rings. The van der Waals surface area contributed by atoms with Crippen LogP contribution < -0.4 is 10.6 Å². The predicted molar refractivity (Wildman–Crippen MR) is 70.9 cm³/mol. The number of amides is 1. The average molecular weight is 239 g/mol. The van der Waals surface area contributed by atoms with Gasteiger partial charge in [-0.15, -0.1) is 6.58 Å². The van der Waals surface area contributed by atoms with E-state index in [1.54, 1.807) is 6.08 Å². The van der Waals surface area contributed by atoms with Crippen LogP contribution >= 0.6 is 0 Å². The molecule has 2 atom stereocenters. The molecular formula is C13H25N3O. The summed E-state index contributed by atoms with van der Waals surface area (Å²) < 4.78 is 0. The van der Waals surface area contributed by atoms with Crippen LogP contribution in [0.5, 0.6) is 0 Å². The van der Waals surface area contributed by atoms with Crippen LogP contribution in [0.3, 0.4) is 0 Å². The minimum atomic E-state index is -0.0650. The van der Waals surface area contributed by atoms with E-state index < -0.39 is 0 Å². The van der Waals surface area contributed by atoms with Gasteiger partial charge in [-0.1, -0.05) is 13.0 Å². The van der Waals surface area contributed by atoms with Gasteiger partial charge in [-0.3, -0.25) is 9.69 Å². The molecule has 1 saturated heterocycles. The highest BCUT2D eigenvalue weighted by atomic mass is 16.2. The van der Waals surface area contributed by atoms with Gasteiger partial charge in [0.25, 0.3) is 0 Å². The Hall–Kier alpha value is -0.870. The summed E-state index contributed by atoms with van der Waals surface area (Å²) in [6.07, 6.45) is 4.09. The number of carbonyl (C=O) groups excluding carboxylic acids is 1. The number of nitrogens with zero attached hydrogens (tertiary/aromatic N) is 1. The highest BCUT2D eigenvalue weighted by molar-refractivity contribution is 5.81. The summed E-state index contributed by atoms with van der Waals surface area (Å²) in [6.45, 7) is 11.3. The van der Waals surface area contributed by atoms with Crippen LogP contribution in [0.2, 0.25) is 0 Å². The highest BCUT2D eigenvalue weighted by Crippen LogP contribution is 2.13. The molecule has 4 heteroatoms. The maximum atomic E-state index is 11.9. The van der Waals surface area contributed by atoms with Gasteiger partial charge in [-0.25, -0.2) is 0 Å². The van der Waals surface area contributed by atoms with Gasteiger partial charge in [-0.05, 0) is 32.9 Å². The van der Waals surface area contributed by atoms with Crippen LogP contribution in [0.15, 0.2) is 12.7 Å². The van der Waals surface area contributed by atoms with E-state index in [1.807, 2.05) is 6.92 Å². The largest absolute Gasteiger partial charge is 0.351 e. The standard InChI is InChI=1S/C13H25N3O/c1-4-8-15-13(17)11(3)16(5-2)12-7-6-9-14-10-12/h4,11-12,14H,1,5-10H2,2-3H3,(H,15,17). The summed E-state index contributed by atoms with van der Waals surface area (Å²) in [5, 5.41) is 6.26. The van der Waals surface area contributed by atoms with E-state index in [-0.39, 0.29) is 11.9 Å². The SMILES string of the molecule is C=CCNC(=O)C(C)N(CC)C1CCCNC1. The first-order chi connectivity index (χ1) is 8.20. The summed E-state index contributed by atoms with van der Waals surface area (Å²) in [5.74, 6) is 0.0947. The zero-order valence-corrected chi connectivity index (χ0v) is 11.0. The Morgan fingerprint density at radius 2 is 2.47 bits per heavy atom. The molecule has 4 nitrogen and oxygen atoms in total. The Morgan fingerprint density at radius 3 is 3.00 bits per heavy atom. The minimum absolute atomic E-state index is 0.0650. The Kier molecular flexibility index (Phi) is 6.22. The second-order valence-electron chi connectivity index (χ2n) is 4.54. The van der Waals surface area contributed by atoms with E-state index in [0.29, 0.717) is 12.6 Å². The van der Waals surface area contributed by atoms with E-state index in [2.05, 4.69) is 29.0 Å². The zero-order chi connectivity index (χ0) is 12.7. The maximum absolute atomic E-state index is 11.9. The third-order valence-corrected chi connectivity index (χ3v) is 3.40. The van der Waals surface area contributed by atoms with Crippen molar-refractivity contribution in [3.8, 4) is 0 Å². The Balaban J connectivity index is 2.52. The monoisotopic (exact) mass is 239 g/mol. The van der Waals surface area contributed by atoms with Crippen molar-refractivity contribution in [1.29, 1.82) is 0 Å². The van der Waals surface area contributed by atoms with E-state index in [1.165, 1.54) is 12.8 Å². The third-order valence-electron chi connectivity index (χ3n) is 3.40. The van der Waals surface area contributed by atoms with Crippen LogP contribution in [0, 0.1) is 0 Å². The number of nitrogens with one attached hydrogen (secondary N) is 2. The number of hydrogen-bond acceptors (Lipinski definition) is 3. The normalized spacial score (nSPS) is 22.2. The zero-order valence-electron chi connectivity index (χ0n) is 11.0. The van der Waals surface area contributed by atoms with Gasteiger partial charge in [0.05, 0.1) is 6.04 Å². The molecule has 17 heavy (non-hydrogen) atoms. The average Bonchev–Trinajstić information content (AvgIpc) is 2.38. The van der Waals surface area contributed by atoms with Gasteiger partial charge in [0.15, 0.2) is 0 Å². The summed E-state index contributed by atoms with van der Waals surface area (Å²) in [5.41, 5.74) is 0. The molecule has 2 N–H and O–H groups in total. The second-order valence-corrected chi connectivity index (χ2v) is 4.54. The fourth-order valence-corrected chi connectivity index (χ4v) is 2.44. The lowest BCUT2D eigenvalue weighted by molar-refractivity contribution is -0.126. The molecule has 2 unspecified atom stereocenters. The molecule has 0 radical (unpaired) electrons. The van der Waals surface area contributed by atoms with E-state index in [9.17, 15) is 4.79 Å². The molecule has 0 bridgehead atoms. The Morgan fingerprint density at radius 1 is 1.71 bits per heavy atom. The molecule has 0 aromatic heterocycles. The molecule has 0 aliphatic carbocycles. The molecule has 1 aliphatic heterocycles. The van der Waals surface area contributed by atoms with Gasteiger partial charge < -0.3 is 10.6 Å². The van der Waals surface area contributed by atoms with Crippen LogP contribution in [0.25, 0.3) is 0 Å². The topological polar surface area (TPSA) is 44.4 Å². The van der Waals surface area contributed by atoms with Crippen LogP contribution in [0.4, 0.5) is 0 Å². The lowest BCUT2D eigenvalue weighted by Crippen LogP contribution is -2.54. The highest BCUT2D eigenvalue weighted by Gasteiger charge is 2.27. The summed E-state index contributed by atoms with van der Waals surface area (Å²) in [6, 6.07) is 0.420. The van der Waals surface area contributed by atoms with Gasteiger partial charge in [0.2, 0.25) is 5.91 Å². The fraction of sp³-hybridized carbons (Fsp3) is 0.769. The molecule has 0 saturated carbocycles. The van der Waals surface area contributed by atoms with Crippen LogP contribution in [-0.4, -0.2) is 49.1 Å². The first-order valence-corrected chi connectivity index (χ1v) is 6.55. The van der Waals surface area contributed by atoms with Gasteiger partial charge in [0, 0.05) is 19.1 Å². The molecule has 98 valence electrons. The first kappa shape index (κ1) is 14.2. The van der Waals surface area contributed by atoms with Gasteiger partial charge in [-0.2, -0.15) is 0 Å². The van der Waals surface area contributed by atoms with Crippen molar-refractivity contribution in [2.24, 2.45) is 0 Å². The molecular weight excluding hydrogens is 214 g/mol. The molecule has 1 rings (SSSR count). The summed E-state index contributed by atoms with van der Waals surface area (Å²) in [4.78, 5) is 14.2. The van der Waals surface area contributed by atoms with Gasteiger partial charge >= 0.3 is 0 Å². The van der Waals surface area contributed by atoms with Crippen molar-refractivity contribution in [1.82, 2.24) is 15.5 Å². The molecule has 0 spiro atoms. The number of hydrogen-bond donors (Lipinski definition) is 2. The quantitative estimate of drug-likeness (QED) is 0.672. The summed E-state index contributed by atoms with van der Waals surface area (Å²) >= 11 is 0. The molecule has 1 aliphatic rings. The van der Waals surface area contributed by atoms with Crippen molar-refractivity contribution < 1.29 is 4.79 Å². The Labute approximate surface area is 104 Å². The van der Waals surface area contributed by atoms with Crippen molar-refractivity contribution >= 4 is 5.91 Å². The maximum Gasteiger partial charge on any atom is 0.237 e. The molecule has 1 fully saturated rings. The third kappa shape index (κ3) is 4.13. The Bertz CT molecular complexity index is 249. The minimum Gasteiger partial charge on any atom is -0.351 e. The predicted octanol–water partition coefficient (Wildman–Crippen LogP) is 0.751.